The summed E-state index contributed by atoms with van der Waals surface area (Å²) in [6, 6.07) is 5.52. The van der Waals surface area contributed by atoms with Gasteiger partial charge < -0.3 is 10.5 Å². The highest BCUT2D eigenvalue weighted by molar-refractivity contribution is 6.31. The van der Waals surface area contributed by atoms with E-state index >= 15 is 0 Å². The van der Waals surface area contributed by atoms with Crippen LogP contribution in [-0.2, 0) is 4.79 Å². The molecule has 2 fully saturated rings. The maximum atomic E-state index is 13.2. The van der Waals surface area contributed by atoms with Crippen LogP contribution in [0.15, 0.2) is 23.4 Å². The molecule has 0 saturated heterocycles. The fraction of sp³-hybridized carbons (Fsp3) is 0.556. The number of carbonyl (C=O) groups is 1. The van der Waals surface area contributed by atoms with E-state index < -0.39 is 5.41 Å². The van der Waals surface area contributed by atoms with E-state index in [4.69, 9.17) is 11.6 Å². The molecule has 0 heterocycles. The van der Waals surface area contributed by atoms with Gasteiger partial charge in [0, 0.05) is 22.5 Å². The van der Waals surface area contributed by atoms with Crippen LogP contribution >= 0.6 is 11.6 Å². The number of halogens is 1. The van der Waals surface area contributed by atoms with Crippen LogP contribution in [0.5, 0.6) is 0 Å². The molecule has 0 aliphatic heterocycles. The number of nitrogens with zero attached hydrogens (tertiary/aromatic N) is 1. The Morgan fingerprint density at radius 3 is 2.61 bits per heavy atom. The molecule has 0 aromatic heterocycles. The van der Waals surface area contributed by atoms with Crippen molar-refractivity contribution in [2.24, 2.45) is 21.4 Å². The molecule has 2 atom stereocenters. The highest BCUT2D eigenvalue weighted by atomic mass is 35.5. The molecule has 2 aliphatic rings. The van der Waals surface area contributed by atoms with Crippen molar-refractivity contribution >= 4 is 28.9 Å². The number of nitrogens with one attached hydrogen (secondary N) is 1. The van der Waals surface area contributed by atoms with Crippen molar-refractivity contribution in [3.8, 4) is 0 Å². The van der Waals surface area contributed by atoms with Crippen molar-refractivity contribution < 1.29 is 10.0 Å². The maximum Gasteiger partial charge on any atom is 0.231 e. The fourth-order valence-corrected chi connectivity index (χ4v) is 4.69. The van der Waals surface area contributed by atoms with Gasteiger partial charge in [-0.3, -0.25) is 4.79 Å². The molecule has 3 rings (SSSR count). The van der Waals surface area contributed by atoms with Gasteiger partial charge in [-0.25, -0.2) is 0 Å². The first kappa shape index (κ1) is 16.3. The van der Waals surface area contributed by atoms with Gasteiger partial charge in [-0.2, -0.15) is 0 Å². The second-order valence-corrected chi connectivity index (χ2v) is 8.04. The zero-order chi connectivity index (χ0) is 17.0. The molecule has 2 saturated carbocycles. The van der Waals surface area contributed by atoms with Crippen LogP contribution in [0.4, 0.5) is 5.69 Å². The number of rotatable bonds is 2. The van der Waals surface area contributed by atoms with Crippen LogP contribution in [0.2, 0.25) is 5.02 Å². The van der Waals surface area contributed by atoms with Crippen molar-refractivity contribution in [2.75, 3.05) is 5.32 Å². The standard InChI is InChI=1S/C18H23ClN2O2/c1-11-12(19)6-5-7-13(11)20-15(22)18-9-8-17(4,16(18,2)3)14(10-18)21-23/h5-7,23H,8-10H2,1-4H3,(H,20,22)/b21-14+. The van der Waals surface area contributed by atoms with Gasteiger partial charge in [0.2, 0.25) is 5.91 Å². The lowest BCUT2D eigenvalue weighted by Crippen LogP contribution is -2.43. The number of carbonyl (C=O) groups excluding carboxylic acids is 1. The zero-order valence-corrected chi connectivity index (χ0v) is 14.8. The van der Waals surface area contributed by atoms with E-state index in [-0.39, 0.29) is 16.7 Å². The molecule has 0 radical (unpaired) electrons. The zero-order valence-electron chi connectivity index (χ0n) is 14.0. The minimum Gasteiger partial charge on any atom is -0.411 e. The van der Waals surface area contributed by atoms with Gasteiger partial charge in [0.15, 0.2) is 0 Å². The van der Waals surface area contributed by atoms with E-state index in [0.717, 1.165) is 29.8 Å². The van der Waals surface area contributed by atoms with Crippen molar-refractivity contribution in [2.45, 2.75) is 47.0 Å². The van der Waals surface area contributed by atoms with E-state index in [1.165, 1.54) is 0 Å². The van der Waals surface area contributed by atoms with Crippen LogP contribution in [0.3, 0.4) is 0 Å². The summed E-state index contributed by atoms with van der Waals surface area (Å²) in [5, 5.41) is 16.6. The highest BCUT2D eigenvalue weighted by Crippen LogP contribution is 2.71. The Balaban J connectivity index is 1.98. The molecule has 23 heavy (non-hydrogen) atoms. The summed E-state index contributed by atoms with van der Waals surface area (Å²) in [4.78, 5) is 13.2. The van der Waals surface area contributed by atoms with Crippen LogP contribution in [0.25, 0.3) is 0 Å². The summed E-state index contributed by atoms with van der Waals surface area (Å²) in [6.07, 6.45) is 2.18. The normalized spacial score (nSPS) is 33.2. The van der Waals surface area contributed by atoms with E-state index in [1.807, 2.05) is 25.1 Å². The largest absolute Gasteiger partial charge is 0.411 e. The Hall–Kier alpha value is -1.55. The van der Waals surface area contributed by atoms with Crippen molar-refractivity contribution in [3.05, 3.63) is 28.8 Å². The summed E-state index contributed by atoms with van der Waals surface area (Å²) in [5.41, 5.74) is 1.31. The summed E-state index contributed by atoms with van der Waals surface area (Å²) in [7, 11) is 0. The van der Waals surface area contributed by atoms with Crippen LogP contribution in [0.1, 0.15) is 45.6 Å². The number of amides is 1. The summed E-state index contributed by atoms with van der Waals surface area (Å²) in [6.45, 7) is 8.23. The smallest absolute Gasteiger partial charge is 0.231 e. The van der Waals surface area contributed by atoms with Gasteiger partial charge in [0.25, 0.3) is 0 Å². The first-order chi connectivity index (χ1) is 10.7. The quantitative estimate of drug-likeness (QED) is 0.611. The molecule has 1 aromatic rings. The topological polar surface area (TPSA) is 61.7 Å². The molecule has 1 amide bonds. The van der Waals surface area contributed by atoms with E-state index in [1.54, 1.807) is 0 Å². The lowest BCUT2D eigenvalue weighted by atomic mass is 9.64. The van der Waals surface area contributed by atoms with E-state index in [2.05, 4.69) is 31.2 Å². The number of oxime groups is 1. The Morgan fingerprint density at radius 2 is 2.00 bits per heavy atom. The second kappa shape index (κ2) is 4.97. The number of hydrogen-bond acceptors (Lipinski definition) is 3. The molecule has 2 unspecified atom stereocenters. The minimum absolute atomic E-state index is 0.00441. The van der Waals surface area contributed by atoms with Crippen molar-refractivity contribution in [3.63, 3.8) is 0 Å². The minimum atomic E-state index is -0.544. The second-order valence-electron chi connectivity index (χ2n) is 7.63. The molecule has 1 aromatic carbocycles. The third-order valence-corrected chi connectivity index (χ3v) is 7.21. The van der Waals surface area contributed by atoms with Gasteiger partial charge in [0.05, 0.1) is 11.1 Å². The Kier molecular flexibility index (Phi) is 3.53. The first-order valence-electron chi connectivity index (χ1n) is 7.97. The predicted molar refractivity (Wildman–Crippen MR) is 92.2 cm³/mol. The molecular weight excluding hydrogens is 312 g/mol. The number of benzene rings is 1. The SMILES string of the molecule is Cc1c(Cl)cccc1NC(=O)C12CCC(C)(/C(=N/O)C1)C2(C)C. The fourth-order valence-electron chi connectivity index (χ4n) is 4.52. The average molecular weight is 335 g/mol. The molecule has 4 nitrogen and oxygen atoms in total. The molecule has 124 valence electrons. The number of anilines is 1. The van der Waals surface area contributed by atoms with Gasteiger partial charge in [-0.15, -0.1) is 0 Å². The molecule has 0 spiro atoms. The van der Waals surface area contributed by atoms with Crippen LogP contribution in [0, 0.1) is 23.2 Å². The molecule has 5 heteroatoms. The van der Waals surface area contributed by atoms with Crippen molar-refractivity contribution in [1.29, 1.82) is 0 Å². The highest BCUT2D eigenvalue weighted by Gasteiger charge is 2.71. The third kappa shape index (κ3) is 1.90. The van der Waals surface area contributed by atoms with E-state index in [9.17, 15) is 10.0 Å². The average Bonchev–Trinajstić information content (AvgIpc) is 2.81. The van der Waals surface area contributed by atoms with Gasteiger partial charge in [-0.05, 0) is 42.9 Å². The molecular formula is C18H23ClN2O2. The predicted octanol–water partition coefficient (Wildman–Crippen LogP) is 4.63. The summed E-state index contributed by atoms with van der Waals surface area (Å²) >= 11 is 6.15. The van der Waals surface area contributed by atoms with E-state index in [0.29, 0.717) is 11.4 Å². The lowest BCUT2D eigenvalue weighted by molar-refractivity contribution is -0.130. The summed E-state index contributed by atoms with van der Waals surface area (Å²) < 4.78 is 0. The van der Waals surface area contributed by atoms with Crippen LogP contribution in [-0.4, -0.2) is 16.8 Å². The summed E-state index contributed by atoms with van der Waals surface area (Å²) in [5.74, 6) is -0.00441. The van der Waals surface area contributed by atoms with Gasteiger partial charge in [0.1, 0.15) is 0 Å². The van der Waals surface area contributed by atoms with Crippen molar-refractivity contribution in [1.82, 2.24) is 0 Å². The van der Waals surface area contributed by atoms with Gasteiger partial charge >= 0.3 is 0 Å². The van der Waals surface area contributed by atoms with Crippen LogP contribution < -0.4 is 5.32 Å². The third-order valence-electron chi connectivity index (χ3n) is 6.81. The molecule has 2 aliphatic carbocycles. The Morgan fingerprint density at radius 1 is 1.30 bits per heavy atom. The lowest BCUT2D eigenvalue weighted by Gasteiger charge is -2.39. The number of hydrogen-bond donors (Lipinski definition) is 2. The first-order valence-corrected chi connectivity index (χ1v) is 8.35. The molecule has 2 bridgehead atoms. The maximum absolute atomic E-state index is 13.2. The Labute approximate surface area is 141 Å². The monoisotopic (exact) mass is 334 g/mol. The number of fused-ring (bicyclic) bond motifs is 2. The Bertz CT molecular complexity index is 713. The van der Waals surface area contributed by atoms with Gasteiger partial charge in [-0.1, -0.05) is 43.6 Å². The molecule has 2 N–H and O–H groups in total.